The lowest BCUT2D eigenvalue weighted by Gasteiger charge is -2.27. The first-order valence-corrected chi connectivity index (χ1v) is 10.9. The lowest BCUT2D eigenvalue weighted by Crippen LogP contribution is -2.35. The van der Waals surface area contributed by atoms with E-state index in [1.165, 1.54) is 4.90 Å². The molecule has 0 bridgehead atoms. The normalized spacial score (nSPS) is 20.3. The Labute approximate surface area is 180 Å². The van der Waals surface area contributed by atoms with Gasteiger partial charge in [0.25, 0.3) is 0 Å². The van der Waals surface area contributed by atoms with Gasteiger partial charge in [-0.1, -0.05) is 41.4 Å². The molecule has 144 valence electrons. The van der Waals surface area contributed by atoms with Crippen LogP contribution in [-0.4, -0.2) is 41.5 Å². The maximum atomic E-state index is 11.5. The summed E-state index contributed by atoms with van der Waals surface area (Å²) in [5.41, 5.74) is 0.911. The lowest BCUT2D eigenvalue weighted by molar-refractivity contribution is 0.0372. The zero-order valence-electron chi connectivity index (χ0n) is 14.3. The highest BCUT2D eigenvalue weighted by Crippen LogP contribution is 2.37. The molecule has 2 unspecified atom stereocenters. The number of carbonyl (C=O) groups is 1. The van der Waals surface area contributed by atoms with E-state index < -0.39 is 6.09 Å². The smallest absolute Gasteiger partial charge is 0.407 e. The van der Waals surface area contributed by atoms with E-state index in [0.717, 1.165) is 14.9 Å². The molecule has 1 N–H and O–H groups in total. The molecule has 1 fully saturated rings. The molecular weight excluding hydrogens is 473 g/mol. The lowest BCUT2D eigenvalue weighted by atomic mass is 9.97. The van der Waals surface area contributed by atoms with Gasteiger partial charge in [0.05, 0.1) is 22.8 Å². The number of carboxylic acid groups (broad SMARTS) is 1. The van der Waals surface area contributed by atoms with Crippen molar-refractivity contribution in [2.45, 2.75) is 11.0 Å². The van der Waals surface area contributed by atoms with Crippen LogP contribution in [0.25, 0.3) is 0 Å². The second kappa shape index (κ2) is 9.52. The fourth-order valence-corrected chi connectivity index (χ4v) is 5.02. The first kappa shape index (κ1) is 20.8. The predicted molar refractivity (Wildman–Crippen MR) is 113 cm³/mol. The number of hydrogen-bond donors (Lipinski definition) is 1. The average Bonchev–Trinajstić information content (AvgIpc) is 2.86. The van der Waals surface area contributed by atoms with Gasteiger partial charge in [-0.05, 0) is 45.8 Å². The third kappa shape index (κ3) is 5.33. The third-order valence-corrected chi connectivity index (χ3v) is 7.33. The van der Waals surface area contributed by atoms with Crippen LogP contribution in [-0.2, 0) is 4.74 Å². The highest BCUT2D eigenvalue weighted by atomic mass is 79.9. The molecule has 2 aromatic carbocycles. The van der Waals surface area contributed by atoms with Crippen LogP contribution >= 0.6 is 50.9 Å². The second-order valence-electron chi connectivity index (χ2n) is 6.20. The summed E-state index contributed by atoms with van der Waals surface area (Å²) in [7, 11) is 0. The highest BCUT2D eigenvalue weighted by Gasteiger charge is 2.31. The molecule has 0 aromatic heterocycles. The molecule has 1 amide bonds. The number of amides is 1. The third-order valence-electron chi connectivity index (χ3n) is 4.37. The maximum absolute atomic E-state index is 11.5. The van der Waals surface area contributed by atoms with Gasteiger partial charge in [0.15, 0.2) is 0 Å². The number of ether oxygens (including phenoxy) is 1. The summed E-state index contributed by atoms with van der Waals surface area (Å²) < 4.78 is 7.08. The van der Waals surface area contributed by atoms with Crippen LogP contribution in [0.4, 0.5) is 4.79 Å². The van der Waals surface area contributed by atoms with E-state index in [9.17, 15) is 9.90 Å². The number of hydrogen-bond acceptors (Lipinski definition) is 3. The van der Waals surface area contributed by atoms with Crippen molar-refractivity contribution in [3.63, 3.8) is 0 Å². The Morgan fingerprint density at radius 1 is 1.26 bits per heavy atom. The molecule has 1 aliphatic heterocycles. The fraction of sp³-hybridized carbons (Fsp3) is 0.316. The first-order valence-electron chi connectivity index (χ1n) is 8.37. The van der Waals surface area contributed by atoms with E-state index >= 15 is 0 Å². The number of nitrogens with zero attached hydrogens (tertiary/aromatic N) is 1. The van der Waals surface area contributed by atoms with Gasteiger partial charge in [-0.25, -0.2) is 4.79 Å². The van der Waals surface area contributed by atoms with Gasteiger partial charge in [0.1, 0.15) is 0 Å². The average molecular weight is 491 g/mol. The SMILES string of the molecule is O=C(O)N1CCOC(c2ccc(Cl)c(Cl)c2)C(CSc2ccccc2Br)C1. The largest absolute Gasteiger partial charge is 0.465 e. The maximum Gasteiger partial charge on any atom is 0.407 e. The number of thioether (sulfide) groups is 1. The number of rotatable bonds is 4. The van der Waals surface area contributed by atoms with E-state index in [0.29, 0.717) is 35.5 Å². The number of halogens is 3. The molecule has 0 spiro atoms. The van der Waals surface area contributed by atoms with E-state index in [-0.39, 0.29) is 12.0 Å². The molecule has 2 aromatic rings. The molecule has 27 heavy (non-hydrogen) atoms. The Balaban J connectivity index is 1.85. The van der Waals surface area contributed by atoms with Crippen LogP contribution in [0.1, 0.15) is 11.7 Å². The van der Waals surface area contributed by atoms with E-state index in [1.54, 1.807) is 23.9 Å². The summed E-state index contributed by atoms with van der Waals surface area (Å²) in [6.45, 7) is 1.09. The zero-order chi connectivity index (χ0) is 19.4. The molecule has 1 aliphatic rings. The Morgan fingerprint density at radius 3 is 2.74 bits per heavy atom. The van der Waals surface area contributed by atoms with Gasteiger partial charge >= 0.3 is 6.09 Å². The standard InChI is InChI=1S/C19H18BrCl2NO3S/c20-14-3-1-2-4-17(14)27-11-13-10-23(19(24)25)7-8-26-18(13)12-5-6-15(21)16(22)9-12/h1-6,9,13,18H,7-8,10-11H2,(H,24,25). The number of benzene rings is 2. The van der Waals surface area contributed by atoms with Crippen LogP contribution < -0.4 is 0 Å². The molecule has 4 nitrogen and oxygen atoms in total. The van der Waals surface area contributed by atoms with Crippen molar-refractivity contribution in [3.05, 3.63) is 62.5 Å². The fourth-order valence-electron chi connectivity index (χ4n) is 3.03. The van der Waals surface area contributed by atoms with Crippen molar-refractivity contribution in [2.75, 3.05) is 25.4 Å². The summed E-state index contributed by atoms with van der Waals surface area (Å²) in [5, 5.41) is 10.4. The summed E-state index contributed by atoms with van der Waals surface area (Å²) in [4.78, 5) is 14.1. The molecule has 3 rings (SSSR count). The molecule has 2 atom stereocenters. The van der Waals surface area contributed by atoms with Gasteiger partial charge in [0, 0.05) is 34.1 Å². The van der Waals surface area contributed by atoms with E-state index in [1.807, 2.05) is 30.3 Å². The minimum Gasteiger partial charge on any atom is -0.465 e. The molecular formula is C19H18BrCl2NO3S. The van der Waals surface area contributed by atoms with Gasteiger partial charge in [-0.3, -0.25) is 0 Å². The van der Waals surface area contributed by atoms with Crippen molar-refractivity contribution in [3.8, 4) is 0 Å². The van der Waals surface area contributed by atoms with Crippen molar-refractivity contribution in [1.82, 2.24) is 4.90 Å². The summed E-state index contributed by atoms with van der Waals surface area (Å²) >= 11 is 17.5. The van der Waals surface area contributed by atoms with Crippen LogP contribution in [0.5, 0.6) is 0 Å². The van der Waals surface area contributed by atoms with Crippen molar-refractivity contribution >= 4 is 57.0 Å². The molecule has 0 saturated carbocycles. The predicted octanol–water partition coefficient (Wildman–Crippen LogP) is 6.22. The molecule has 0 radical (unpaired) electrons. The zero-order valence-corrected chi connectivity index (χ0v) is 18.2. The van der Waals surface area contributed by atoms with Crippen molar-refractivity contribution in [1.29, 1.82) is 0 Å². The molecule has 1 saturated heterocycles. The minimum atomic E-state index is -0.927. The first-order chi connectivity index (χ1) is 13.0. The highest BCUT2D eigenvalue weighted by molar-refractivity contribution is 9.10. The summed E-state index contributed by atoms with van der Waals surface area (Å²) in [6, 6.07) is 13.4. The van der Waals surface area contributed by atoms with E-state index in [4.69, 9.17) is 27.9 Å². The van der Waals surface area contributed by atoms with Gasteiger partial charge in [-0.2, -0.15) is 0 Å². The van der Waals surface area contributed by atoms with Crippen LogP contribution in [0.15, 0.2) is 51.8 Å². The quantitative estimate of drug-likeness (QED) is 0.517. The molecule has 1 heterocycles. The van der Waals surface area contributed by atoms with E-state index in [2.05, 4.69) is 15.9 Å². The minimum absolute atomic E-state index is 0.0297. The Bertz CT molecular complexity index is 823. The van der Waals surface area contributed by atoms with Gasteiger partial charge in [0.2, 0.25) is 0 Å². The van der Waals surface area contributed by atoms with Gasteiger partial charge < -0.3 is 14.7 Å². The second-order valence-corrected chi connectivity index (χ2v) is 8.93. The van der Waals surface area contributed by atoms with Gasteiger partial charge in [-0.15, -0.1) is 11.8 Å². The Morgan fingerprint density at radius 2 is 2.04 bits per heavy atom. The summed E-state index contributed by atoms with van der Waals surface area (Å²) in [5.74, 6) is 0.676. The van der Waals surface area contributed by atoms with Crippen LogP contribution in [0, 0.1) is 5.92 Å². The van der Waals surface area contributed by atoms with Crippen LogP contribution in [0.3, 0.4) is 0 Å². The van der Waals surface area contributed by atoms with Crippen molar-refractivity contribution in [2.24, 2.45) is 5.92 Å². The Kier molecular flexibility index (Phi) is 7.34. The monoisotopic (exact) mass is 489 g/mol. The topological polar surface area (TPSA) is 49.8 Å². The van der Waals surface area contributed by atoms with Crippen molar-refractivity contribution < 1.29 is 14.6 Å². The Hall–Kier alpha value is -0.920. The molecule has 0 aliphatic carbocycles. The molecule has 8 heteroatoms. The summed E-state index contributed by atoms with van der Waals surface area (Å²) in [6.07, 6.45) is -1.18. The van der Waals surface area contributed by atoms with Crippen LogP contribution in [0.2, 0.25) is 10.0 Å².